The first-order valence-electron chi connectivity index (χ1n) is 9.06. The molecule has 1 fully saturated rings. The van der Waals surface area contributed by atoms with Crippen LogP contribution in [0.3, 0.4) is 0 Å². The standard InChI is InChI=1S/C21H21FN2O4/c1-14(25)28-19-4-2-3-16(13-19)20(26)23-18-9-11-24(12-10-18)21(27)15-5-7-17(22)8-6-15/h2-8,13,18H,9-12H2,1H3,(H,23,26). The van der Waals surface area contributed by atoms with Gasteiger partial charge in [0.15, 0.2) is 0 Å². The van der Waals surface area contributed by atoms with E-state index in [2.05, 4.69) is 5.32 Å². The Bertz CT molecular complexity index is 874. The first kappa shape index (κ1) is 19.5. The van der Waals surface area contributed by atoms with Crippen LogP contribution in [-0.2, 0) is 4.79 Å². The van der Waals surface area contributed by atoms with E-state index in [-0.39, 0.29) is 23.7 Å². The third-order valence-electron chi connectivity index (χ3n) is 4.57. The predicted octanol–water partition coefficient (Wildman–Crippen LogP) is 2.79. The Hall–Kier alpha value is -3.22. The highest BCUT2D eigenvalue weighted by molar-refractivity contribution is 5.95. The number of ether oxygens (including phenoxy) is 1. The van der Waals surface area contributed by atoms with E-state index in [0.29, 0.717) is 42.8 Å². The molecule has 6 nitrogen and oxygen atoms in total. The van der Waals surface area contributed by atoms with Crippen molar-refractivity contribution in [2.24, 2.45) is 0 Å². The maximum absolute atomic E-state index is 13.0. The minimum atomic E-state index is -0.448. The zero-order valence-corrected chi connectivity index (χ0v) is 15.5. The van der Waals surface area contributed by atoms with E-state index in [1.165, 1.54) is 37.3 Å². The van der Waals surface area contributed by atoms with Crippen LogP contribution in [-0.4, -0.2) is 41.8 Å². The largest absolute Gasteiger partial charge is 0.427 e. The molecule has 146 valence electrons. The van der Waals surface area contributed by atoms with Gasteiger partial charge in [-0.05, 0) is 55.3 Å². The Kier molecular flexibility index (Phi) is 6.03. The second kappa shape index (κ2) is 8.65. The zero-order valence-electron chi connectivity index (χ0n) is 15.5. The number of hydrogen-bond donors (Lipinski definition) is 1. The summed E-state index contributed by atoms with van der Waals surface area (Å²) < 4.78 is 18.0. The number of nitrogens with one attached hydrogen (secondary N) is 1. The van der Waals surface area contributed by atoms with Crippen LogP contribution in [0.4, 0.5) is 4.39 Å². The molecule has 0 aromatic heterocycles. The fourth-order valence-electron chi connectivity index (χ4n) is 3.14. The number of nitrogens with zero attached hydrogens (tertiary/aromatic N) is 1. The van der Waals surface area contributed by atoms with Gasteiger partial charge in [0.2, 0.25) is 0 Å². The van der Waals surface area contributed by atoms with E-state index in [1.807, 2.05) is 0 Å². The maximum Gasteiger partial charge on any atom is 0.308 e. The lowest BCUT2D eigenvalue weighted by molar-refractivity contribution is -0.131. The minimum absolute atomic E-state index is 0.0536. The molecule has 0 radical (unpaired) electrons. The van der Waals surface area contributed by atoms with Crippen molar-refractivity contribution in [3.63, 3.8) is 0 Å². The monoisotopic (exact) mass is 384 g/mol. The molecule has 3 rings (SSSR count). The summed E-state index contributed by atoms with van der Waals surface area (Å²) in [6.07, 6.45) is 1.25. The molecule has 1 aliphatic heterocycles. The number of carbonyl (C=O) groups excluding carboxylic acids is 3. The quantitative estimate of drug-likeness (QED) is 0.650. The van der Waals surface area contributed by atoms with Gasteiger partial charge in [0.25, 0.3) is 11.8 Å². The first-order valence-corrected chi connectivity index (χ1v) is 9.06. The van der Waals surface area contributed by atoms with Crippen molar-refractivity contribution < 1.29 is 23.5 Å². The van der Waals surface area contributed by atoms with Crippen molar-refractivity contribution in [2.75, 3.05) is 13.1 Å². The summed E-state index contributed by atoms with van der Waals surface area (Å²) in [5.41, 5.74) is 0.856. The Labute approximate surface area is 162 Å². The number of esters is 1. The Balaban J connectivity index is 1.54. The second-order valence-electron chi connectivity index (χ2n) is 6.67. The minimum Gasteiger partial charge on any atom is -0.427 e. The van der Waals surface area contributed by atoms with Gasteiger partial charge in [0, 0.05) is 37.2 Å². The highest BCUT2D eigenvalue weighted by Crippen LogP contribution is 2.17. The molecule has 1 N–H and O–H groups in total. The van der Waals surface area contributed by atoms with E-state index in [9.17, 15) is 18.8 Å². The number of rotatable bonds is 4. The smallest absolute Gasteiger partial charge is 0.308 e. The van der Waals surface area contributed by atoms with Crippen molar-refractivity contribution >= 4 is 17.8 Å². The van der Waals surface area contributed by atoms with Gasteiger partial charge in [-0.1, -0.05) is 6.07 Å². The molecule has 0 aliphatic carbocycles. The molecule has 2 aromatic carbocycles. The van der Waals surface area contributed by atoms with Gasteiger partial charge < -0.3 is 15.0 Å². The van der Waals surface area contributed by atoms with E-state index >= 15 is 0 Å². The van der Waals surface area contributed by atoms with Crippen molar-refractivity contribution in [3.05, 3.63) is 65.5 Å². The zero-order chi connectivity index (χ0) is 20.1. The summed E-state index contributed by atoms with van der Waals surface area (Å²) >= 11 is 0. The van der Waals surface area contributed by atoms with Crippen LogP contribution in [0.2, 0.25) is 0 Å². The topological polar surface area (TPSA) is 75.7 Å². The molecule has 1 aliphatic rings. The third-order valence-corrected chi connectivity index (χ3v) is 4.57. The van der Waals surface area contributed by atoms with Gasteiger partial charge in [-0.25, -0.2) is 4.39 Å². The van der Waals surface area contributed by atoms with E-state index in [0.717, 1.165) is 0 Å². The van der Waals surface area contributed by atoms with Gasteiger partial charge >= 0.3 is 5.97 Å². The second-order valence-corrected chi connectivity index (χ2v) is 6.67. The summed E-state index contributed by atoms with van der Waals surface area (Å²) in [4.78, 5) is 37.7. The van der Waals surface area contributed by atoms with Gasteiger partial charge in [0.05, 0.1) is 0 Å². The van der Waals surface area contributed by atoms with Crippen molar-refractivity contribution in [2.45, 2.75) is 25.8 Å². The molecule has 0 saturated carbocycles. The van der Waals surface area contributed by atoms with Crippen LogP contribution < -0.4 is 10.1 Å². The van der Waals surface area contributed by atoms with Crippen LogP contribution in [0.15, 0.2) is 48.5 Å². The van der Waals surface area contributed by atoms with Crippen molar-refractivity contribution in [1.82, 2.24) is 10.2 Å². The first-order chi connectivity index (χ1) is 13.4. The Morgan fingerprint density at radius 1 is 1.04 bits per heavy atom. The lowest BCUT2D eigenvalue weighted by Crippen LogP contribution is -2.46. The fourth-order valence-corrected chi connectivity index (χ4v) is 3.14. The van der Waals surface area contributed by atoms with Gasteiger partial charge in [-0.3, -0.25) is 14.4 Å². The molecule has 2 aromatic rings. The SMILES string of the molecule is CC(=O)Oc1cccc(C(=O)NC2CCN(C(=O)c3ccc(F)cc3)CC2)c1. The fraction of sp³-hybridized carbons (Fsp3) is 0.286. The van der Waals surface area contributed by atoms with Crippen LogP contribution in [0.25, 0.3) is 0 Å². The lowest BCUT2D eigenvalue weighted by Gasteiger charge is -2.32. The summed E-state index contributed by atoms with van der Waals surface area (Å²) in [7, 11) is 0. The number of likely N-dealkylation sites (tertiary alicyclic amines) is 1. The molecule has 0 unspecified atom stereocenters. The van der Waals surface area contributed by atoms with Crippen LogP contribution in [0.1, 0.15) is 40.5 Å². The summed E-state index contributed by atoms with van der Waals surface area (Å²) in [5.74, 6) is -0.900. The predicted molar refractivity (Wildman–Crippen MR) is 101 cm³/mol. The third kappa shape index (κ3) is 4.94. The molecular weight excluding hydrogens is 363 g/mol. The molecule has 0 atom stereocenters. The van der Waals surface area contributed by atoms with E-state index < -0.39 is 5.97 Å². The number of benzene rings is 2. The average Bonchev–Trinajstić information content (AvgIpc) is 2.68. The van der Waals surface area contributed by atoms with Gasteiger partial charge in [-0.2, -0.15) is 0 Å². The number of halogens is 1. The van der Waals surface area contributed by atoms with Gasteiger partial charge in [-0.15, -0.1) is 0 Å². The van der Waals surface area contributed by atoms with Crippen LogP contribution in [0, 0.1) is 5.82 Å². The molecular formula is C21H21FN2O4. The number of hydrogen-bond acceptors (Lipinski definition) is 4. The number of piperidine rings is 1. The molecule has 2 amide bonds. The maximum atomic E-state index is 13.0. The normalized spacial score (nSPS) is 14.4. The summed E-state index contributed by atoms with van der Waals surface area (Å²) in [6, 6.07) is 11.9. The lowest BCUT2D eigenvalue weighted by atomic mass is 10.0. The molecule has 1 saturated heterocycles. The summed E-state index contributed by atoms with van der Waals surface area (Å²) in [5, 5.41) is 2.96. The summed E-state index contributed by atoms with van der Waals surface area (Å²) in [6.45, 7) is 2.32. The Morgan fingerprint density at radius 2 is 1.71 bits per heavy atom. The molecule has 28 heavy (non-hydrogen) atoms. The highest BCUT2D eigenvalue weighted by Gasteiger charge is 2.25. The molecule has 0 bridgehead atoms. The van der Waals surface area contributed by atoms with E-state index in [4.69, 9.17) is 4.74 Å². The van der Waals surface area contributed by atoms with E-state index in [1.54, 1.807) is 23.1 Å². The van der Waals surface area contributed by atoms with Gasteiger partial charge in [0.1, 0.15) is 11.6 Å². The Morgan fingerprint density at radius 3 is 2.36 bits per heavy atom. The average molecular weight is 384 g/mol. The van der Waals surface area contributed by atoms with Crippen LogP contribution in [0.5, 0.6) is 5.75 Å². The van der Waals surface area contributed by atoms with Crippen LogP contribution >= 0.6 is 0 Å². The molecule has 1 heterocycles. The molecule has 7 heteroatoms. The van der Waals surface area contributed by atoms with Crippen molar-refractivity contribution in [1.29, 1.82) is 0 Å². The highest BCUT2D eigenvalue weighted by atomic mass is 19.1. The number of carbonyl (C=O) groups is 3. The molecule has 0 spiro atoms. The van der Waals surface area contributed by atoms with Crippen molar-refractivity contribution in [3.8, 4) is 5.75 Å². The number of amides is 2.